The molecule has 1 amide bonds. The van der Waals surface area contributed by atoms with Gasteiger partial charge in [-0.25, -0.2) is 9.18 Å². The first-order chi connectivity index (χ1) is 10.2. The number of alkyl carbamates (subject to hydrolysis) is 1. The molecule has 118 valence electrons. The SMILES string of the molecule is CCCCOC(=O)NCCOc1ccc(F)cc1CNC. The van der Waals surface area contributed by atoms with Crippen LogP contribution in [-0.2, 0) is 11.3 Å². The second-order valence-corrected chi connectivity index (χ2v) is 4.55. The topological polar surface area (TPSA) is 59.6 Å². The van der Waals surface area contributed by atoms with Gasteiger partial charge in [-0.2, -0.15) is 0 Å². The smallest absolute Gasteiger partial charge is 0.407 e. The van der Waals surface area contributed by atoms with Crippen LogP contribution in [0.4, 0.5) is 9.18 Å². The van der Waals surface area contributed by atoms with E-state index in [1.165, 1.54) is 12.1 Å². The third-order valence-electron chi connectivity index (χ3n) is 2.75. The first kappa shape index (κ1) is 17.2. The van der Waals surface area contributed by atoms with Crippen molar-refractivity contribution in [2.24, 2.45) is 0 Å². The summed E-state index contributed by atoms with van der Waals surface area (Å²) < 4.78 is 23.6. The summed E-state index contributed by atoms with van der Waals surface area (Å²) in [5, 5.41) is 5.55. The molecule has 1 rings (SSSR count). The minimum atomic E-state index is -0.443. The largest absolute Gasteiger partial charge is 0.491 e. The second-order valence-electron chi connectivity index (χ2n) is 4.55. The van der Waals surface area contributed by atoms with Gasteiger partial charge in [-0.3, -0.25) is 0 Å². The number of rotatable bonds is 9. The summed E-state index contributed by atoms with van der Waals surface area (Å²) >= 11 is 0. The van der Waals surface area contributed by atoms with E-state index in [1.807, 2.05) is 6.92 Å². The summed E-state index contributed by atoms with van der Waals surface area (Å²) in [7, 11) is 1.78. The summed E-state index contributed by atoms with van der Waals surface area (Å²) in [4.78, 5) is 11.3. The third-order valence-corrected chi connectivity index (χ3v) is 2.75. The maximum atomic E-state index is 13.2. The van der Waals surface area contributed by atoms with Crippen LogP contribution in [0.2, 0.25) is 0 Å². The lowest BCUT2D eigenvalue weighted by Crippen LogP contribution is -2.29. The Bertz CT molecular complexity index is 441. The van der Waals surface area contributed by atoms with E-state index in [0.29, 0.717) is 32.1 Å². The molecule has 0 heterocycles. The molecule has 0 atom stereocenters. The normalized spacial score (nSPS) is 10.2. The van der Waals surface area contributed by atoms with Gasteiger partial charge in [0, 0.05) is 12.1 Å². The van der Waals surface area contributed by atoms with Gasteiger partial charge < -0.3 is 20.1 Å². The predicted molar refractivity (Wildman–Crippen MR) is 78.9 cm³/mol. The van der Waals surface area contributed by atoms with Crippen molar-refractivity contribution in [2.75, 3.05) is 26.8 Å². The number of ether oxygens (including phenoxy) is 2. The number of nitrogens with one attached hydrogen (secondary N) is 2. The first-order valence-corrected chi connectivity index (χ1v) is 7.13. The lowest BCUT2D eigenvalue weighted by Gasteiger charge is -2.12. The number of hydrogen-bond donors (Lipinski definition) is 2. The van der Waals surface area contributed by atoms with Crippen LogP contribution >= 0.6 is 0 Å². The summed E-state index contributed by atoms with van der Waals surface area (Å²) in [6.07, 6.45) is 1.39. The van der Waals surface area contributed by atoms with Gasteiger partial charge in [0.15, 0.2) is 0 Å². The number of hydrogen-bond acceptors (Lipinski definition) is 4. The zero-order chi connectivity index (χ0) is 15.5. The Morgan fingerprint density at radius 3 is 2.86 bits per heavy atom. The Balaban J connectivity index is 2.30. The lowest BCUT2D eigenvalue weighted by molar-refractivity contribution is 0.142. The van der Waals surface area contributed by atoms with Crippen molar-refractivity contribution in [3.63, 3.8) is 0 Å². The van der Waals surface area contributed by atoms with Gasteiger partial charge in [0.2, 0.25) is 0 Å². The highest BCUT2D eigenvalue weighted by molar-refractivity contribution is 5.67. The maximum absolute atomic E-state index is 13.2. The Hall–Kier alpha value is -1.82. The van der Waals surface area contributed by atoms with Crippen molar-refractivity contribution in [3.8, 4) is 5.75 Å². The number of halogens is 1. The molecule has 1 aromatic carbocycles. The average molecular weight is 298 g/mol. The van der Waals surface area contributed by atoms with Crippen LogP contribution in [0.1, 0.15) is 25.3 Å². The van der Waals surface area contributed by atoms with Gasteiger partial charge in [-0.05, 0) is 31.7 Å². The summed E-state index contributed by atoms with van der Waals surface area (Å²) in [6, 6.07) is 4.36. The molecule has 2 N–H and O–H groups in total. The predicted octanol–water partition coefficient (Wildman–Crippen LogP) is 2.45. The maximum Gasteiger partial charge on any atom is 0.407 e. The fraction of sp³-hybridized carbons (Fsp3) is 0.533. The van der Waals surface area contributed by atoms with Crippen molar-refractivity contribution in [2.45, 2.75) is 26.3 Å². The number of carbonyl (C=O) groups excluding carboxylic acids is 1. The summed E-state index contributed by atoms with van der Waals surface area (Å²) in [5.41, 5.74) is 0.739. The zero-order valence-electron chi connectivity index (χ0n) is 12.6. The fourth-order valence-electron chi connectivity index (χ4n) is 1.69. The number of amides is 1. The van der Waals surface area contributed by atoms with E-state index in [1.54, 1.807) is 13.1 Å². The van der Waals surface area contributed by atoms with Crippen LogP contribution in [0, 0.1) is 5.82 Å². The van der Waals surface area contributed by atoms with Gasteiger partial charge in [0.1, 0.15) is 18.2 Å². The Morgan fingerprint density at radius 1 is 1.33 bits per heavy atom. The summed E-state index contributed by atoms with van der Waals surface area (Å²) in [5.74, 6) is 0.303. The molecule has 21 heavy (non-hydrogen) atoms. The molecule has 6 heteroatoms. The monoisotopic (exact) mass is 298 g/mol. The van der Waals surface area contributed by atoms with Gasteiger partial charge in [-0.15, -0.1) is 0 Å². The third kappa shape index (κ3) is 6.94. The molecule has 0 saturated heterocycles. The molecule has 0 aliphatic rings. The van der Waals surface area contributed by atoms with Crippen molar-refractivity contribution in [1.29, 1.82) is 0 Å². The molecule has 1 aromatic rings. The average Bonchev–Trinajstić information content (AvgIpc) is 2.46. The van der Waals surface area contributed by atoms with Crippen molar-refractivity contribution in [1.82, 2.24) is 10.6 Å². The van der Waals surface area contributed by atoms with Crippen LogP contribution in [0.15, 0.2) is 18.2 Å². The van der Waals surface area contributed by atoms with E-state index >= 15 is 0 Å². The molecule has 0 unspecified atom stereocenters. The first-order valence-electron chi connectivity index (χ1n) is 7.13. The highest BCUT2D eigenvalue weighted by Crippen LogP contribution is 2.19. The van der Waals surface area contributed by atoms with E-state index in [9.17, 15) is 9.18 Å². The fourth-order valence-corrected chi connectivity index (χ4v) is 1.69. The summed E-state index contributed by atoms with van der Waals surface area (Å²) in [6.45, 7) is 3.60. The number of benzene rings is 1. The van der Waals surface area contributed by atoms with E-state index < -0.39 is 6.09 Å². The van der Waals surface area contributed by atoms with Gasteiger partial charge in [0.05, 0.1) is 13.2 Å². The standard InChI is InChI=1S/C15H23FN2O3/c1-3-4-8-21-15(19)18-7-9-20-14-6-5-13(16)10-12(14)11-17-2/h5-6,10,17H,3-4,7-9,11H2,1-2H3,(H,18,19). The molecule has 0 radical (unpaired) electrons. The Labute approximate surface area is 124 Å². The minimum Gasteiger partial charge on any atom is -0.491 e. The molecule has 0 spiro atoms. The lowest BCUT2D eigenvalue weighted by atomic mass is 10.2. The number of carbonyl (C=O) groups is 1. The quantitative estimate of drug-likeness (QED) is 0.688. The minimum absolute atomic E-state index is 0.297. The molecule has 5 nitrogen and oxygen atoms in total. The highest BCUT2D eigenvalue weighted by Gasteiger charge is 2.05. The molecule has 0 aliphatic carbocycles. The molecule has 0 aliphatic heterocycles. The van der Waals surface area contributed by atoms with E-state index in [-0.39, 0.29) is 5.82 Å². The molecule has 0 fully saturated rings. The van der Waals surface area contributed by atoms with Crippen LogP contribution < -0.4 is 15.4 Å². The van der Waals surface area contributed by atoms with Crippen LogP contribution in [0.3, 0.4) is 0 Å². The molecular weight excluding hydrogens is 275 g/mol. The Morgan fingerprint density at radius 2 is 2.14 bits per heavy atom. The van der Waals surface area contributed by atoms with E-state index in [4.69, 9.17) is 9.47 Å². The van der Waals surface area contributed by atoms with Gasteiger partial charge in [0.25, 0.3) is 0 Å². The molecule has 0 saturated carbocycles. The van der Waals surface area contributed by atoms with E-state index in [2.05, 4.69) is 10.6 Å². The second kappa shape index (κ2) is 9.99. The Kier molecular flexibility index (Phi) is 8.19. The van der Waals surface area contributed by atoms with Crippen LogP contribution in [-0.4, -0.2) is 32.9 Å². The molecule has 0 bridgehead atoms. The van der Waals surface area contributed by atoms with Crippen molar-refractivity contribution < 1.29 is 18.7 Å². The molecular formula is C15H23FN2O3. The van der Waals surface area contributed by atoms with E-state index in [0.717, 1.165) is 18.4 Å². The van der Waals surface area contributed by atoms with Crippen LogP contribution in [0.5, 0.6) is 5.75 Å². The highest BCUT2D eigenvalue weighted by atomic mass is 19.1. The zero-order valence-corrected chi connectivity index (χ0v) is 12.6. The van der Waals surface area contributed by atoms with Crippen molar-refractivity contribution >= 4 is 6.09 Å². The van der Waals surface area contributed by atoms with Crippen molar-refractivity contribution in [3.05, 3.63) is 29.6 Å². The van der Waals surface area contributed by atoms with Gasteiger partial charge in [-0.1, -0.05) is 13.3 Å². The van der Waals surface area contributed by atoms with Crippen LogP contribution in [0.25, 0.3) is 0 Å². The number of unbranched alkanes of at least 4 members (excludes halogenated alkanes) is 1. The molecule has 0 aromatic heterocycles. The van der Waals surface area contributed by atoms with Gasteiger partial charge >= 0.3 is 6.09 Å².